The number of aryl methyl sites for hydroxylation is 2. The number of carbonyl (C=O) groups excluding carboxylic acids is 1. The molecule has 0 aliphatic rings. The van der Waals surface area contributed by atoms with E-state index in [4.69, 9.17) is 0 Å². The van der Waals surface area contributed by atoms with Gasteiger partial charge in [-0.15, -0.1) is 0 Å². The Morgan fingerprint density at radius 3 is 2.44 bits per heavy atom. The third-order valence-corrected chi connectivity index (χ3v) is 3.52. The number of aromatic nitrogens is 2. The maximum Gasteiger partial charge on any atom is 0.274 e. The summed E-state index contributed by atoms with van der Waals surface area (Å²) >= 11 is 0. The van der Waals surface area contributed by atoms with Crippen molar-refractivity contribution in [3.63, 3.8) is 0 Å². The third kappa shape index (κ3) is 4.17. The number of nitrogens with zero attached hydrogens (tertiary/aromatic N) is 2. The molecule has 2 N–H and O–H groups in total. The Morgan fingerprint density at radius 2 is 1.72 bits per heavy atom. The Hall–Kier alpha value is -3.28. The summed E-state index contributed by atoms with van der Waals surface area (Å²) in [5.74, 6) is -0.608. The lowest BCUT2D eigenvalue weighted by Crippen LogP contribution is -2.15. The van der Waals surface area contributed by atoms with Gasteiger partial charge in [0.25, 0.3) is 5.91 Å². The van der Waals surface area contributed by atoms with Crippen molar-refractivity contribution in [2.45, 2.75) is 13.8 Å². The molecule has 0 fully saturated rings. The van der Waals surface area contributed by atoms with Gasteiger partial charge >= 0.3 is 0 Å². The average molecular weight is 336 g/mol. The van der Waals surface area contributed by atoms with E-state index < -0.39 is 5.82 Å². The highest BCUT2D eigenvalue weighted by Gasteiger charge is 2.12. The zero-order valence-corrected chi connectivity index (χ0v) is 13.9. The van der Waals surface area contributed by atoms with E-state index in [1.54, 1.807) is 31.2 Å². The van der Waals surface area contributed by atoms with E-state index in [-0.39, 0.29) is 23.2 Å². The third-order valence-electron chi connectivity index (χ3n) is 3.52. The van der Waals surface area contributed by atoms with Gasteiger partial charge in [-0.25, -0.2) is 14.4 Å². The first-order chi connectivity index (χ1) is 12.0. The van der Waals surface area contributed by atoms with Crippen LogP contribution in [0.4, 0.5) is 21.7 Å². The fourth-order valence-corrected chi connectivity index (χ4v) is 2.26. The lowest BCUT2D eigenvalue weighted by Gasteiger charge is -2.09. The molecule has 5 nitrogen and oxygen atoms in total. The average Bonchev–Trinajstić information content (AvgIpc) is 2.58. The predicted octanol–water partition coefficient (Wildman–Crippen LogP) is 4.23. The molecule has 0 bridgehead atoms. The van der Waals surface area contributed by atoms with Crippen molar-refractivity contribution in [1.82, 2.24) is 9.97 Å². The first kappa shape index (κ1) is 16.6. The number of nitrogens with one attached hydrogen (secondary N) is 2. The van der Waals surface area contributed by atoms with Crippen LogP contribution >= 0.6 is 0 Å². The summed E-state index contributed by atoms with van der Waals surface area (Å²) in [6, 6.07) is 15.2. The van der Waals surface area contributed by atoms with E-state index in [1.165, 1.54) is 6.07 Å². The zero-order chi connectivity index (χ0) is 17.8. The molecule has 1 amide bonds. The van der Waals surface area contributed by atoms with Gasteiger partial charge in [0.15, 0.2) is 0 Å². The van der Waals surface area contributed by atoms with E-state index >= 15 is 0 Å². The Morgan fingerprint density at radius 1 is 1.00 bits per heavy atom. The number of hydrogen-bond acceptors (Lipinski definition) is 4. The molecule has 0 aliphatic heterocycles. The minimum absolute atomic E-state index is 0.166. The van der Waals surface area contributed by atoms with Crippen molar-refractivity contribution in [1.29, 1.82) is 0 Å². The number of anilines is 3. The Kier molecular flexibility index (Phi) is 4.70. The van der Waals surface area contributed by atoms with Gasteiger partial charge in [0.05, 0.1) is 5.69 Å². The van der Waals surface area contributed by atoms with Crippen LogP contribution in [0.5, 0.6) is 0 Å². The number of rotatable bonds is 4. The molecular weight excluding hydrogens is 319 g/mol. The Labute approximate surface area is 145 Å². The number of halogens is 1. The SMILES string of the molecule is Cc1ccc(NC(=O)c2cc(C)nc(Nc3ccccc3F)n2)cc1. The van der Waals surface area contributed by atoms with Gasteiger partial charge in [0.1, 0.15) is 11.5 Å². The van der Waals surface area contributed by atoms with E-state index in [0.717, 1.165) is 5.56 Å². The second kappa shape index (κ2) is 7.09. The monoisotopic (exact) mass is 336 g/mol. The first-order valence-electron chi connectivity index (χ1n) is 7.76. The molecule has 0 radical (unpaired) electrons. The molecule has 0 saturated carbocycles. The van der Waals surface area contributed by atoms with Crippen LogP contribution in [-0.2, 0) is 0 Å². The van der Waals surface area contributed by atoms with Gasteiger partial charge in [0.2, 0.25) is 5.95 Å². The van der Waals surface area contributed by atoms with Crippen molar-refractivity contribution in [2.75, 3.05) is 10.6 Å². The molecule has 0 aliphatic carbocycles. The van der Waals surface area contributed by atoms with Crippen LogP contribution in [0.2, 0.25) is 0 Å². The van der Waals surface area contributed by atoms with Gasteiger partial charge < -0.3 is 10.6 Å². The van der Waals surface area contributed by atoms with Gasteiger partial charge in [-0.3, -0.25) is 4.79 Å². The maximum atomic E-state index is 13.8. The molecule has 3 aromatic rings. The van der Waals surface area contributed by atoms with E-state index in [9.17, 15) is 9.18 Å². The van der Waals surface area contributed by atoms with Gasteiger partial charge in [-0.1, -0.05) is 29.8 Å². The Bertz CT molecular complexity index is 910. The molecule has 126 valence electrons. The van der Waals surface area contributed by atoms with Crippen LogP contribution in [-0.4, -0.2) is 15.9 Å². The number of amides is 1. The molecule has 0 atom stereocenters. The summed E-state index contributed by atoms with van der Waals surface area (Å²) in [4.78, 5) is 20.8. The highest BCUT2D eigenvalue weighted by atomic mass is 19.1. The smallest absolute Gasteiger partial charge is 0.274 e. The molecule has 2 aromatic carbocycles. The van der Waals surface area contributed by atoms with Crippen molar-refractivity contribution in [2.24, 2.45) is 0 Å². The second-order valence-corrected chi connectivity index (χ2v) is 5.64. The molecular formula is C19H17FN4O. The summed E-state index contributed by atoms with van der Waals surface area (Å²) < 4.78 is 13.8. The van der Waals surface area contributed by atoms with E-state index in [1.807, 2.05) is 31.2 Å². The summed E-state index contributed by atoms with van der Waals surface area (Å²) in [6.07, 6.45) is 0. The summed E-state index contributed by atoms with van der Waals surface area (Å²) in [6.45, 7) is 3.72. The van der Waals surface area contributed by atoms with Crippen LogP contribution in [0, 0.1) is 19.7 Å². The van der Waals surface area contributed by atoms with Gasteiger partial charge in [-0.2, -0.15) is 0 Å². The van der Waals surface area contributed by atoms with Crippen LogP contribution in [0.1, 0.15) is 21.7 Å². The lowest BCUT2D eigenvalue weighted by atomic mass is 10.2. The molecule has 0 spiro atoms. The normalized spacial score (nSPS) is 10.4. The summed E-state index contributed by atoms with van der Waals surface area (Å²) in [5, 5.41) is 5.59. The quantitative estimate of drug-likeness (QED) is 0.748. The van der Waals surface area contributed by atoms with Crippen LogP contribution in [0.25, 0.3) is 0 Å². The van der Waals surface area contributed by atoms with E-state index in [0.29, 0.717) is 11.4 Å². The minimum Gasteiger partial charge on any atom is -0.322 e. The molecule has 0 saturated heterocycles. The number of carbonyl (C=O) groups is 1. The van der Waals surface area contributed by atoms with Crippen molar-refractivity contribution in [3.05, 3.63) is 77.4 Å². The highest BCUT2D eigenvalue weighted by molar-refractivity contribution is 6.03. The Balaban J connectivity index is 1.82. The number of para-hydroxylation sites is 1. The van der Waals surface area contributed by atoms with Crippen molar-refractivity contribution >= 4 is 23.2 Å². The minimum atomic E-state index is -0.418. The fraction of sp³-hybridized carbons (Fsp3) is 0.105. The van der Waals surface area contributed by atoms with Crippen molar-refractivity contribution < 1.29 is 9.18 Å². The molecule has 0 unspecified atom stereocenters. The van der Waals surface area contributed by atoms with E-state index in [2.05, 4.69) is 20.6 Å². The van der Waals surface area contributed by atoms with Crippen LogP contribution < -0.4 is 10.6 Å². The molecule has 25 heavy (non-hydrogen) atoms. The first-order valence-corrected chi connectivity index (χ1v) is 7.76. The standard InChI is InChI=1S/C19H17FN4O/c1-12-7-9-14(10-8-12)22-18(25)17-11-13(2)21-19(24-17)23-16-6-4-3-5-15(16)20/h3-11H,1-2H3,(H,22,25)(H,21,23,24). The fourth-order valence-electron chi connectivity index (χ4n) is 2.26. The number of hydrogen-bond donors (Lipinski definition) is 2. The molecule has 3 rings (SSSR count). The van der Waals surface area contributed by atoms with Gasteiger partial charge in [0, 0.05) is 11.4 Å². The largest absolute Gasteiger partial charge is 0.322 e. The van der Waals surface area contributed by atoms with Crippen LogP contribution in [0.15, 0.2) is 54.6 Å². The predicted molar refractivity (Wildman–Crippen MR) is 95.6 cm³/mol. The second-order valence-electron chi connectivity index (χ2n) is 5.64. The zero-order valence-electron chi connectivity index (χ0n) is 13.9. The topological polar surface area (TPSA) is 66.9 Å². The molecule has 6 heteroatoms. The molecule has 1 aromatic heterocycles. The molecule has 1 heterocycles. The van der Waals surface area contributed by atoms with Crippen molar-refractivity contribution in [3.8, 4) is 0 Å². The lowest BCUT2D eigenvalue weighted by molar-refractivity contribution is 0.102. The van der Waals surface area contributed by atoms with Gasteiger partial charge in [-0.05, 0) is 44.2 Å². The summed E-state index contributed by atoms with van der Waals surface area (Å²) in [5.41, 5.74) is 2.83. The maximum absolute atomic E-state index is 13.8. The number of benzene rings is 2. The van der Waals surface area contributed by atoms with Crippen LogP contribution in [0.3, 0.4) is 0 Å². The highest BCUT2D eigenvalue weighted by Crippen LogP contribution is 2.18. The summed E-state index contributed by atoms with van der Waals surface area (Å²) in [7, 11) is 0.